The van der Waals surface area contributed by atoms with Crippen LogP contribution in [0, 0.1) is 11.8 Å². The van der Waals surface area contributed by atoms with Gasteiger partial charge in [-0.25, -0.2) is 0 Å². The van der Waals surface area contributed by atoms with Gasteiger partial charge in [0, 0.05) is 30.2 Å². The van der Waals surface area contributed by atoms with Crippen LogP contribution < -0.4 is 4.74 Å². The molecule has 2 aliphatic rings. The molecule has 1 saturated carbocycles. The number of benzene rings is 1. The molecule has 0 radical (unpaired) electrons. The number of aliphatic hydroxyl groups excluding tert-OH is 2. The van der Waals surface area contributed by atoms with E-state index in [0.717, 1.165) is 36.1 Å². The quantitative estimate of drug-likeness (QED) is 0.562. The zero-order chi connectivity index (χ0) is 20.3. The summed E-state index contributed by atoms with van der Waals surface area (Å²) in [5.74, 6) is 0.390. The maximum absolute atomic E-state index is 10.9. The first-order valence-electron chi connectivity index (χ1n) is 10.4. The number of carboxylic acid groups (broad SMARTS) is 1. The molecule has 0 aromatic heterocycles. The Hall–Kier alpha value is -1.85. The summed E-state index contributed by atoms with van der Waals surface area (Å²) >= 11 is 0. The van der Waals surface area contributed by atoms with Crippen LogP contribution in [0.2, 0.25) is 0 Å². The van der Waals surface area contributed by atoms with E-state index < -0.39 is 18.2 Å². The normalized spacial score (nSPS) is 28.0. The standard InChI is InChI=1S/C23H32O5/c1-3-5-14(2)12-16(24)9-10-17-19(25)13-20-22(17)18-7-4-6-15(23(18)28-20)8-11-21(26)27/h4,6-7,9-10,14,16-17,19-20,22,24-25H,3,5,8,11-13H2,1-2H3,(H,26,27)/b10-9+/t14-,16+,17?,19+,20-,22?/m0/s1. The zero-order valence-electron chi connectivity index (χ0n) is 16.8. The summed E-state index contributed by atoms with van der Waals surface area (Å²) in [6, 6.07) is 5.88. The maximum Gasteiger partial charge on any atom is 0.303 e. The predicted octanol–water partition coefficient (Wildman–Crippen LogP) is 3.67. The Labute approximate surface area is 167 Å². The Morgan fingerprint density at radius 2 is 2.18 bits per heavy atom. The number of para-hydroxylation sites is 1. The van der Waals surface area contributed by atoms with Crippen molar-refractivity contribution < 1.29 is 24.9 Å². The number of aryl methyl sites for hydroxylation is 1. The van der Waals surface area contributed by atoms with Gasteiger partial charge in [0.15, 0.2) is 0 Å². The van der Waals surface area contributed by atoms with Crippen molar-refractivity contribution in [2.24, 2.45) is 11.8 Å². The average Bonchev–Trinajstić information content (AvgIpc) is 3.13. The second kappa shape index (κ2) is 9.10. The van der Waals surface area contributed by atoms with Crippen LogP contribution in [0.4, 0.5) is 0 Å². The fourth-order valence-electron chi connectivity index (χ4n) is 4.76. The molecule has 1 aliphatic heterocycles. The predicted molar refractivity (Wildman–Crippen MR) is 108 cm³/mol. The van der Waals surface area contributed by atoms with Gasteiger partial charge in [0.25, 0.3) is 0 Å². The number of hydrogen-bond donors (Lipinski definition) is 3. The summed E-state index contributed by atoms with van der Waals surface area (Å²) in [4.78, 5) is 10.9. The highest BCUT2D eigenvalue weighted by Crippen LogP contribution is 2.52. The van der Waals surface area contributed by atoms with E-state index in [-0.39, 0.29) is 24.4 Å². The van der Waals surface area contributed by atoms with E-state index in [9.17, 15) is 15.0 Å². The maximum atomic E-state index is 10.9. The minimum atomic E-state index is -0.821. The van der Waals surface area contributed by atoms with Gasteiger partial charge in [-0.3, -0.25) is 4.79 Å². The number of fused-ring (bicyclic) bond motifs is 3. The van der Waals surface area contributed by atoms with Crippen molar-refractivity contribution in [2.45, 2.75) is 76.6 Å². The van der Waals surface area contributed by atoms with Crippen molar-refractivity contribution in [2.75, 3.05) is 0 Å². The number of carboxylic acids is 1. The van der Waals surface area contributed by atoms with Gasteiger partial charge in [0.2, 0.25) is 0 Å². The minimum absolute atomic E-state index is 0.0475. The summed E-state index contributed by atoms with van der Waals surface area (Å²) < 4.78 is 6.15. The number of carbonyl (C=O) groups is 1. The highest BCUT2D eigenvalue weighted by Gasteiger charge is 2.48. The molecule has 1 aromatic carbocycles. The molecule has 1 aromatic rings. The van der Waals surface area contributed by atoms with Crippen molar-refractivity contribution in [3.05, 3.63) is 41.5 Å². The number of aliphatic carboxylic acids is 1. The lowest BCUT2D eigenvalue weighted by Crippen LogP contribution is -2.17. The third-order valence-corrected chi connectivity index (χ3v) is 6.08. The Bertz CT molecular complexity index is 713. The van der Waals surface area contributed by atoms with E-state index in [2.05, 4.69) is 13.8 Å². The molecular weight excluding hydrogens is 356 g/mol. The Morgan fingerprint density at radius 3 is 2.89 bits per heavy atom. The topological polar surface area (TPSA) is 87.0 Å². The Kier molecular flexibility index (Phi) is 6.78. The fraction of sp³-hybridized carbons (Fsp3) is 0.609. The van der Waals surface area contributed by atoms with E-state index in [1.54, 1.807) is 0 Å². The number of hydrogen-bond acceptors (Lipinski definition) is 4. The second-order valence-corrected chi connectivity index (χ2v) is 8.37. The van der Waals surface area contributed by atoms with Crippen LogP contribution in [0.1, 0.15) is 63.0 Å². The molecule has 0 bridgehead atoms. The van der Waals surface area contributed by atoms with Crippen LogP contribution in [-0.4, -0.2) is 39.6 Å². The third kappa shape index (κ3) is 4.58. The molecule has 5 heteroatoms. The highest BCUT2D eigenvalue weighted by atomic mass is 16.5. The van der Waals surface area contributed by atoms with Crippen LogP contribution in [0.3, 0.4) is 0 Å². The van der Waals surface area contributed by atoms with Gasteiger partial charge in [-0.15, -0.1) is 0 Å². The van der Waals surface area contributed by atoms with E-state index in [0.29, 0.717) is 18.8 Å². The van der Waals surface area contributed by atoms with Gasteiger partial charge in [0.1, 0.15) is 11.9 Å². The van der Waals surface area contributed by atoms with Gasteiger partial charge < -0.3 is 20.1 Å². The molecule has 0 spiro atoms. The molecule has 1 fully saturated rings. The summed E-state index contributed by atoms with van der Waals surface area (Å²) in [5.41, 5.74) is 1.97. The smallest absolute Gasteiger partial charge is 0.303 e. The number of ether oxygens (including phenoxy) is 1. The second-order valence-electron chi connectivity index (χ2n) is 8.37. The van der Waals surface area contributed by atoms with Gasteiger partial charge in [-0.1, -0.05) is 57.0 Å². The van der Waals surface area contributed by atoms with Gasteiger partial charge in [-0.05, 0) is 24.3 Å². The molecular formula is C23H32O5. The van der Waals surface area contributed by atoms with E-state index in [4.69, 9.17) is 9.84 Å². The molecule has 28 heavy (non-hydrogen) atoms. The van der Waals surface area contributed by atoms with Crippen molar-refractivity contribution in [3.63, 3.8) is 0 Å². The lowest BCUT2D eigenvalue weighted by Gasteiger charge is -2.18. The van der Waals surface area contributed by atoms with Crippen LogP contribution >= 0.6 is 0 Å². The molecule has 0 amide bonds. The Balaban J connectivity index is 1.74. The molecule has 3 N–H and O–H groups in total. The summed E-state index contributed by atoms with van der Waals surface area (Å²) in [7, 11) is 0. The molecule has 5 nitrogen and oxygen atoms in total. The molecule has 6 atom stereocenters. The lowest BCUT2D eigenvalue weighted by atomic mass is 9.86. The van der Waals surface area contributed by atoms with Crippen LogP contribution in [0.5, 0.6) is 5.75 Å². The van der Waals surface area contributed by atoms with E-state index in [1.165, 1.54) is 0 Å². The van der Waals surface area contributed by atoms with E-state index in [1.807, 2.05) is 30.4 Å². The fourth-order valence-corrected chi connectivity index (χ4v) is 4.76. The van der Waals surface area contributed by atoms with Crippen LogP contribution in [0.25, 0.3) is 0 Å². The highest BCUT2D eigenvalue weighted by molar-refractivity contribution is 5.67. The molecule has 3 rings (SSSR count). The molecule has 0 saturated heterocycles. The van der Waals surface area contributed by atoms with Crippen molar-refractivity contribution in [1.29, 1.82) is 0 Å². The molecule has 1 aliphatic carbocycles. The number of aliphatic hydroxyl groups is 2. The summed E-state index contributed by atoms with van der Waals surface area (Å²) in [6.07, 6.45) is 6.69. The van der Waals surface area contributed by atoms with Crippen molar-refractivity contribution in [1.82, 2.24) is 0 Å². The van der Waals surface area contributed by atoms with Crippen molar-refractivity contribution >= 4 is 5.97 Å². The SMILES string of the molecule is CCC[C@H](C)C[C@H](O)/C=C/C1C2c3cccc(CCC(=O)O)c3O[C@H]2C[C@H]1O. The van der Waals surface area contributed by atoms with Gasteiger partial charge in [-0.2, -0.15) is 0 Å². The largest absolute Gasteiger partial charge is 0.489 e. The molecule has 154 valence electrons. The zero-order valence-corrected chi connectivity index (χ0v) is 16.8. The first-order valence-corrected chi connectivity index (χ1v) is 10.4. The molecule has 2 unspecified atom stereocenters. The van der Waals surface area contributed by atoms with Gasteiger partial charge in [0.05, 0.1) is 12.2 Å². The lowest BCUT2D eigenvalue weighted by molar-refractivity contribution is -0.136. The van der Waals surface area contributed by atoms with Gasteiger partial charge >= 0.3 is 5.97 Å². The molecule has 1 heterocycles. The number of rotatable bonds is 9. The Morgan fingerprint density at radius 1 is 1.39 bits per heavy atom. The first kappa shape index (κ1) is 20.9. The van der Waals surface area contributed by atoms with Crippen LogP contribution in [0.15, 0.2) is 30.4 Å². The monoisotopic (exact) mass is 388 g/mol. The third-order valence-electron chi connectivity index (χ3n) is 6.08. The summed E-state index contributed by atoms with van der Waals surface area (Å²) in [6.45, 7) is 4.30. The van der Waals surface area contributed by atoms with Crippen molar-refractivity contribution in [3.8, 4) is 5.75 Å². The average molecular weight is 389 g/mol. The minimum Gasteiger partial charge on any atom is -0.489 e. The summed E-state index contributed by atoms with van der Waals surface area (Å²) in [5, 5.41) is 29.9. The van der Waals surface area contributed by atoms with Crippen LogP contribution in [-0.2, 0) is 11.2 Å². The first-order chi connectivity index (χ1) is 13.4. The van der Waals surface area contributed by atoms with E-state index >= 15 is 0 Å².